The van der Waals surface area contributed by atoms with E-state index in [1.54, 1.807) is 17.8 Å². The first-order valence-corrected chi connectivity index (χ1v) is 7.79. The van der Waals surface area contributed by atoms with Gasteiger partial charge >= 0.3 is 5.97 Å². The number of hydrogen-bond acceptors (Lipinski definition) is 2. The number of carboxylic acid groups (broad SMARTS) is 1. The summed E-state index contributed by atoms with van der Waals surface area (Å²) in [5.41, 5.74) is 1.28. The van der Waals surface area contributed by atoms with Crippen LogP contribution in [-0.2, 0) is 6.42 Å². The summed E-state index contributed by atoms with van der Waals surface area (Å²) in [4.78, 5) is 13.3. The second kappa shape index (κ2) is 6.43. The van der Waals surface area contributed by atoms with E-state index in [-0.39, 0.29) is 0 Å². The summed E-state index contributed by atoms with van der Waals surface area (Å²) in [6, 6.07) is 13.8. The van der Waals surface area contributed by atoms with Gasteiger partial charge in [-0.2, -0.15) is 0 Å². The van der Waals surface area contributed by atoms with Crippen molar-refractivity contribution in [3.05, 3.63) is 57.2 Å². The number of aromatic carboxylic acids is 1. The maximum Gasteiger partial charge on any atom is 0.336 e. The van der Waals surface area contributed by atoms with Crippen LogP contribution in [0.4, 0.5) is 0 Å². The first-order chi connectivity index (χ1) is 9.10. The van der Waals surface area contributed by atoms with Crippen molar-refractivity contribution >= 4 is 40.3 Å². The van der Waals surface area contributed by atoms with Gasteiger partial charge in [-0.1, -0.05) is 24.8 Å². The number of aryl methyl sites for hydroxylation is 1. The molecule has 0 radical (unpaired) electrons. The highest BCUT2D eigenvalue weighted by atomic mass is 127. The van der Waals surface area contributed by atoms with Gasteiger partial charge in [-0.3, -0.25) is 0 Å². The third kappa shape index (κ3) is 3.73. The van der Waals surface area contributed by atoms with E-state index in [4.69, 9.17) is 0 Å². The van der Waals surface area contributed by atoms with Crippen LogP contribution in [0.15, 0.2) is 52.3 Å². The van der Waals surface area contributed by atoms with Crippen LogP contribution in [0.5, 0.6) is 0 Å². The average Bonchev–Trinajstić information content (AvgIpc) is 2.41. The molecule has 0 aromatic heterocycles. The summed E-state index contributed by atoms with van der Waals surface area (Å²) in [7, 11) is 0. The van der Waals surface area contributed by atoms with Crippen molar-refractivity contribution in [2.45, 2.75) is 23.1 Å². The van der Waals surface area contributed by atoms with Crippen molar-refractivity contribution in [3.8, 4) is 0 Å². The van der Waals surface area contributed by atoms with E-state index in [0.717, 1.165) is 21.8 Å². The van der Waals surface area contributed by atoms with Gasteiger partial charge in [0.2, 0.25) is 0 Å². The van der Waals surface area contributed by atoms with E-state index in [1.807, 2.05) is 43.3 Å². The van der Waals surface area contributed by atoms with E-state index in [9.17, 15) is 9.90 Å². The van der Waals surface area contributed by atoms with Crippen molar-refractivity contribution < 1.29 is 9.90 Å². The van der Waals surface area contributed by atoms with Gasteiger partial charge in [0, 0.05) is 13.4 Å². The second-order valence-electron chi connectivity index (χ2n) is 4.03. The largest absolute Gasteiger partial charge is 0.478 e. The monoisotopic (exact) mass is 384 g/mol. The lowest BCUT2D eigenvalue weighted by Crippen LogP contribution is -2.01. The zero-order chi connectivity index (χ0) is 13.8. The molecule has 0 spiro atoms. The Morgan fingerprint density at radius 1 is 1.16 bits per heavy atom. The Bertz CT molecular complexity index is 594. The topological polar surface area (TPSA) is 37.3 Å². The summed E-state index contributed by atoms with van der Waals surface area (Å²) in [5, 5.41) is 9.21. The van der Waals surface area contributed by atoms with Gasteiger partial charge in [0.25, 0.3) is 0 Å². The van der Waals surface area contributed by atoms with Crippen molar-refractivity contribution in [1.82, 2.24) is 0 Å². The first kappa shape index (κ1) is 14.4. The molecule has 2 rings (SSSR count). The van der Waals surface area contributed by atoms with E-state index in [1.165, 1.54) is 3.57 Å². The van der Waals surface area contributed by atoms with Gasteiger partial charge in [-0.05, 0) is 71.0 Å². The Kier molecular flexibility index (Phi) is 4.87. The Hall–Kier alpha value is -1.01. The third-order valence-corrected chi connectivity index (χ3v) is 4.46. The quantitative estimate of drug-likeness (QED) is 0.777. The Labute approximate surface area is 130 Å². The zero-order valence-electron chi connectivity index (χ0n) is 10.4. The Morgan fingerprint density at radius 3 is 2.37 bits per heavy atom. The van der Waals surface area contributed by atoms with Crippen LogP contribution in [-0.4, -0.2) is 11.1 Å². The maximum atomic E-state index is 11.2. The smallest absolute Gasteiger partial charge is 0.336 e. The number of halogens is 1. The fourth-order valence-electron chi connectivity index (χ4n) is 1.77. The standard InChI is InChI=1S/C15H13IO2S/c1-2-10-3-6-13(9-14(10)15(17)18)19-12-7-4-11(16)5-8-12/h3-9H,2H2,1H3,(H,17,18). The number of carboxylic acids is 1. The van der Waals surface area contributed by atoms with Gasteiger partial charge in [-0.15, -0.1) is 0 Å². The molecule has 0 aliphatic heterocycles. The molecule has 4 heteroatoms. The number of rotatable bonds is 4. The van der Waals surface area contributed by atoms with Crippen LogP contribution in [0, 0.1) is 3.57 Å². The van der Waals surface area contributed by atoms with Gasteiger partial charge in [0.05, 0.1) is 5.56 Å². The van der Waals surface area contributed by atoms with E-state index >= 15 is 0 Å². The zero-order valence-corrected chi connectivity index (χ0v) is 13.4. The van der Waals surface area contributed by atoms with Crippen molar-refractivity contribution in [2.75, 3.05) is 0 Å². The minimum Gasteiger partial charge on any atom is -0.478 e. The molecular weight excluding hydrogens is 371 g/mol. The highest BCUT2D eigenvalue weighted by molar-refractivity contribution is 14.1. The number of benzene rings is 2. The van der Waals surface area contributed by atoms with E-state index in [2.05, 4.69) is 22.6 Å². The molecule has 2 nitrogen and oxygen atoms in total. The van der Waals surface area contributed by atoms with Gasteiger partial charge in [0.15, 0.2) is 0 Å². The van der Waals surface area contributed by atoms with Crippen molar-refractivity contribution in [3.63, 3.8) is 0 Å². The minimum absolute atomic E-state index is 0.401. The molecule has 0 saturated heterocycles. The SMILES string of the molecule is CCc1ccc(Sc2ccc(I)cc2)cc1C(=O)O. The molecule has 0 saturated carbocycles. The van der Waals surface area contributed by atoms with E-state index < -0.39 is 5.97 Å². The predicted molar refractivity (Wildman–Crippen MR) is 86.1 cm³/mol. The molecule has 1 N–H and O–H groups in total. The highest BCUT2D eigenvalue weighted by Crippen LogP contribution is 2.29. The predicted octanol–water partition coefficient (Wildman–Crippen LogP) is 4.70. The van der Waals surface area contributed by atoms with Crippen molar-refractivity contribution in [2.24, 2.45) is 0 Å². The molecule has 0 amide bonds. The molecule has 19 heavy (non-hydrogen) atoms. The molecular formula is C15H13IO2S. The van der Waals surface area contributed by atoms with Gasteiger partial charge < -0.3 is 5.11 Å². The van der Waals surface area contributed by atoms with Crippen LogP contribution < -0.4 is 0 Å². The van der Waals surface area contributed by atoms with Gasteiger partial charge in [-0.25, -0.2) is 4.79 Å². The Balaban J connectivity index is 2.28. The van der Waals surface area contributed by atoms with Crippen LogP contribution >= 0.6 is 34.4 Å². The fraction of sp³-hybridized carbons (Fsp3) is 0.133. The molecule has 2 aromatic rings. The molecule has 98 valence electrons. The third-order valence-electron chi connectivity index (χ3n) is 2.74. The normalized spacial score (nSPS) is 10.4. The number of carbonyl (C=O) groups is 1. The maximum absolute atomic E-state index is 11.2. The number of hydrogen-bond donors (Lipinski definition) is 1. The summed E-state index contributed by atoms with van der Waals surface area (Å²) < 4.78 is 1.19. The van der Waals surface area contributed by atoms with Gasteiger partial charge in [0.1, 0.15) is 0 Å². The highest BCUT2D eigenvalue weighted by Gasteiger charge is 2.10. The molecule has 0 aliphatic rings. The van der Waals surface area contributed by atoms with E-state index in [0.29, 0.717) is 5.56 Å². The first-order valence-electron chi connectivity index (χ1n) is 5.90. The molecule has 0 fully saturated rings. The molecule has 0 heterocycles. The fourth-order valence-corrected chi connectivity index (χ4v) is 2.98. The molecule has 0 atom stereocenters. The molecule has 0 bridgehead atoms. The lowest BCUT2D eigenvalue weighted by atomic mass is 10.1. The summed E-state index contributed by atoms with van der Waals surface area (Å²) in [5.74, 6) is -0.859. The average molecular weight is 384 g/mol. The Morgan fingerprint density at radius 2 is 1.79 bits per heavy atom. The van der Waals surface area contributed by atoms with Crippen LogP contribution in [0.2, 0.25) is 0 Å². The minimum atomic E-state index is -0.859. The summed E-state index contributed by atoms with van der Waals surface area (Å²) in [6.45, 7) is 1.97. The summed E-state index contributed by atoms with van der Waals surface area (Å²) in [6.07, 6.45) is 0.732. The molecule has 0 unspecified atom stereocenters. The summed E-state index contributed by atoms with van der Waals surface area (Å²) >= 11 is 3.84. The lowest BCUT2D eigenvalue weighted by molar-refractivity contribution is 0.0695. The van der Waals surface area contributed by atoms with Crippen LogP contribution in [0.1, 0.15) is 22.8 Å². The van der Waals surface area contributed by atoms with Crippen molar-refractivity contribution in [1.29, 1.82) is 0 Å². The second-order valence-corrected chi connectivity index (χ2v) is 6.43. The lowest BCUT2D eigenvalue weighted by Gasteiger charge is -2.07. The van der Waals surface area contributed by atoms with Crippen LogP contribution in [0.25, 0.3) is 0 Å². The molecule has 2 aromatic carbocycles. The molecule has 0 aliphatic carbocycles. The van der Waals surface area contributed by atoms with Crippen LogP contribution in [0.3, 0.4) is 0 Å².